The quantitative estimate of drug-likeness (QED) is 0.602. The van der Waals surface area contributed by atoms with E-state index in [0.29, 0.717) is 68.9 Å². The molecular formula is C28H31N3O5. The number of ether oxygens (including phenoxy) is 1. The van der Waals surface area contributed by atoms with Crippen molar-refractivity contribution >= 4 is 29.4 Å². The predicted octanol–water partition coefficient (Wildman–Crippen LogP) is 3.25. The molecule has 3 amide bonds. The molecular weight excluding hydrogens is 458 g/mol. The molecule has 0 N–H and O–H groups in total. The van der Waals surface area contributed by atoms with Gasteiger partial charge in [0.05, 0.1) is 30.3 Å². The van der Waals surface area contributed by atoms with Crippen molar-refractivity contribution in [3.05, 3.63) is 65.2 Å². The predicted molar refractivity (Wildman–Crippen MR) is 133 cm³/mol. The summed E-state index contributed by atoms with van der Waals surface area (Å²) in [5, 5.41) is 0. The molecule has 3 aliphatic rings. The van der Waals surface area contributed by atoms with Crippen LogP contribution in [0.2, 0.25) is 0 Å². The minimum absolute atomic E-state index is 0.0598. The number of rotatable bonds is 5. The number of carbonyl (C=O) groups is 4. The number of benzene rings is 2. The van der Waals surface area contributed by atoms with Gasteiger partial charge in [-0.2, -0.15) is 0 Å². The Morgan fingerprint density at radius 2 is 1.67 bits per heavy atom. The molecule has 0 bridgehead atoms. The van der Waals surface area contributed by atoms with Crippen molar-refractivity contribution in [1.29, 1.82) is 0 Å². The average molecular weight is 490 g/mol. The van der Waals surface area contributed by atoms with Gasteiger partial charge in [-0.05, 0) is 62.4 Å². The van der Waals surface area contributed by atoms with Crippen molar-refractivity contribution in [3.8, 4) is 0 Å². The number of hydrogen-bond acceptors (Lipinski definition) is 5. The molecule has 3 heterocycles. The zero-order valence-electron chi connectivity index (χ0n) is 20.5. The van der Waals surface area contributed by atoms with Crippen molar-refractivity contribution in [1.82, 2.24) is 9.80 Å². The first-order valence-electron chi connectivity index (χ1n) is 12.7. The van der Waals surface area contributed by atoms with Crippen LogP contribution in [0.3, 0.4) is 0 Å². The smallest absolute Gasteiger partial charge is 0.309 e. The molecule has 2 aromatic rings. The molecule has 188 valence electrons. The molecule has 0 aromatic heterocycles. The molecule has 2 aromatic carbocycles. The Morgan fingerprint density at radius 3 is 2.39 bits per heavy atom. The highest BCUT2D eigenvalue weighted by Gasteiger charge is 2.41. The van der Waals surface area contributed by atoms with Crippen LogP contribution in [0.1, 0.15) is 58.9 Å². The summed E-state index contributed by atoms with van der Waals surface area (Å²) in [6.07, 6.45) is 2.72. The Balaban J connectivity index is 1.29. The van der Waals surface area contributed by atoms with E-state index in [0.717, 1.165) is 12.0 Å². The van der Waals surface area contributed by atoms with Crippen LogP contribution in [0, 0.1) is 5.92 Å². The number of amides is 3. The first-order chi connectivity index (χ1) is 17.5. The molecule has 0 saturated carbocycles. The number of esters is 1. The highest BCUT2D eigenvalue weighted by Crippen LogP contribution is 2.33. The number of piperidine rings is 1. The Hall–Kier alpha value is -3.68. The third-order valence-electron chi connectivity index (χ3n) is 7.43. The lowest BCUT2D eigenvalue weighted by Crippen LogP contribution is -2.44. The lowest BCUT2D eigenvalue weighted by molar-refractivity contribution is -0.149. The van der Waals surface area contributed by atoms with Gasteiger partial charge in [-0.1, -0.05) is 24.3 Å². The fourth-order valence-electron chi connectivity index (χ4n) is 5.47. The number of para-hydroxylation sites is 1. The zero-order chi connectivity index (χ0) is 25.2. The molecule has 0 aliphatic carbocycles. The maximum Gasteiger partial charge on any atom is 0.309 e. The Labute approximate surface area is 210 Å². The highest BCUT2D eigenvalue weighted by atomic mass is 16.5. The second-order valence-electron chi connectivity index (χ2n) is 9.61. The summed E-state index contributed by atoms with van der Waals surface area (Å²) in [6, 6.07) is 14.2. The van der Waals surface area contributed by atoms with Gasteiger partial charge >= 0.3 is 5.97 Å². The van der Waals surface area contributed by atoms with Crippen molar-refractivity contribution in [2.45, 2.75) is 45.2 Å². The SMILES string of the molecule is CCOC(=O)C1CCN(C(=O)c2ccc(CN3C(=O)C4CCCN4C(=O)c4ccccc43)cc2)CC1. The summed E-state index contributed by atoms with van der Waals surface area (Å²) in [7, 11) is 0. The normalized spacial score (nSPS) is 20.1. The molecule has 0 radical (unpaired) electrons. The van der Waals surface area contributed by atoms with Crippen LogP contribution in [0.5, 0.6) is 0 Å². The van der Waals surface area contributed by atoms with Gasteiger partial charge < -0.3 is 19.4 Å². The Bertz CT molecular complexity index is 1170. The number of likely N-dealkylation sites (tertiary alicyclic amines) is 1. The summed E-state index contributed by atoms with van der Waals surface area (Å²) < 4.78 is 5.11. The van der Waals surface area contributed by atoms with Crippen LogP contribution in [0.15, 0.2) is 48.5 Å². The van der Waals surface area contributed by atoms with Crippen LogP contribution >= 0.6 is 0 Å². The molecule has 1 unspecified atom stereocenters. The minimum Gasteiger partial charge on any atom is -0.466 e. The molecule has 2 fully saturated rings. The second-order valence-corrected chi connectivity index (χ2v) is 9.61. The maximum atomic E-state index is 13.5. The topological polar surface area (TPSA) is 87.2 Å². The number of anilines is 1. The van der Waals surface area contributed by atoms with Gasteiger partial charge in [-0.25, -0.2) is 0 Å². The number of carbonyl (C=O) groups excluding carboxylic acids is 4. The van der Waals surface area contributed by atoms with Gasteiger partial charge in [-0.15, -0.1) is 0 Å². The van der Waals surface area contributed by atoms with E-state index in [1.807, 2.05) is 30.3 Å². The Kier molecular flexibility index (Phi) is 6.76. The summed E-state index contributed by atoms with van der Waals surface area (Å²) in [5.41, 5.74) is 2.64. The van der Waals surface area contributed by atoms with Gasteiger partial charge in [-0.3, -0.25) is 19.2 Å². The van der Waals surface area contributed by atoms with E-state index < -0.39 is 6.04 Å². The average Bonchev–Trinajstić information content (AvgIpc) is 3.39. The minimum atomic E-state index is -0.428. The van der Waals surface area contributed by atoms with E-state index in [4.69, 9.17) is 4.74 Å². The lowest BCUT2D eigenvalue weighted by Gasteiger charge is -2.31. The van der Waals surface area contributed by atoms with E-state index in [1.165, 1.54) is 0 Å². The van der Waals surface area contributed by atoms with E-state index in [1.54, 1.807) is 39.8 Å². The number of hydrogen-bond donors (Lipinski definition) is 0. The fraction of sp³-hybridized carbons (Fsp3) is 0.429. The Morgan fingerprint density at radius 1 is 0.944 bits per heavy atom. The molecule has 1 atom stereocenters. The van der Waals surface area contributed by atoms with Crippen LogP contribution < -0.4 is 4.90 Å². The van der Waals surface area contributed by atoms with Crippen molar-refractivity contribution in [2.24, 2.45) is 5.92 Å². The van der Waals surface area contributed by atoms with Gasteiger partial charge in [0.15, 0.2) is 0 Å². The molecule has 36 heavy (non-hydrogen) atoms. The van der Waals surface area contributed by atoms with Crippen molar-refractivity contribution in [2.75, 3.05) is 31.1 Å². The van der Waals surface area contributed by atoms with Gasteiger partial charge in [0, 0.05) is 25.2 Å². The van der Waals surface area contributed by atoms with Crippen LogP contribution in [0.4, 0.5) is 5.69 Å². The van der Waals surface area contributed by atoms with E-state index in [-0.39, 0.29) is 29.6 Å². The van der Waals surface area contributed by atoms with E-state index >= 15 is 0 Å². The molecule has 8 nitrogen and oxygen atoms in total. The molecule has 8 heteroatoms. The van der Waals surface area contributed by atoms with Crippen molar-refractivity contribution < 1.29 is 23.9 Å². The summed E-state index contributed by atoms with van der Waals surface area (Å²) in [5.74, 6) is -0.534. The third kappa shape index (κ3) is 4.47. The summed E-state index contributed by atoms with van der Waals surface area (Å²) in [6.45, 7) is 4.14. The highest BCUT2D eigenvalue weighted by molar-refractivity contribution is 6.11. The first kappa shape index (κ1) is 24.0. The van der Waals surface area contributed by atoms with Crippen LogP contribution in [0.25, 0.3) is 0 Å². The molecule has 5 rings (SSSR count). The maximum absolute atomic E-state index is 13.5. The van der Waals surface area contributed by atoms with Crippen LogP contribution in [-0.2, 0) is 20.9 Å². The third-order valence-corrected chi connectivity index (χ3v) is 7.43. The van der Waals surface area contributed by atoms with Crippen LogP contribution in [-0.4, -0.2) is 65.8 Å². The first-order valence-corrected chi connectivity index (χ1v) is 12.7. The van der Waals surface area contributed by atoms with E-state index in [9.17, 15) is 19.2 Å². The number of fused-ring (bicyclic) bond motifs is 2. The molecule has 3 aliphatic heterocycles. The monoisotopic (exact) mass is 489 g/mol. The van der Waals surface area contributed by atoms with E-state index in [2.05, 4.69) is 0 Å². The second kappa shape index (κ2) is 10.1. The number of nitrogens with zero attached hydrogens (tertiary/aromatic N) is 3. The van der Waals surface area contributed by atoms with Crippen molar-refractivity contribution in [3.63, 3.8) is 0 Å². The fourth-order valence-corrected chi connectivity index (χ4v) is 5.47. The zero-order valence-corrected chi connectivity index (χ0v) is 20.5. The molecule has 0 spiro atoms. The van der Waals surface area contributed by atoms with Gasteiger partial charge in [0.2, 0.25) is 5.91 Å². The molecule has 2 saturated heterocycles. The summed E-state index contributed by atoms with van der Waals surface area (Å²) >= 11 is 0. The van der Waals surface area contributed by atoms with Gasteiger partial charge in [0.25, 0.3) is 11.8 Å². The lowest BCUT2D eigenvalue weighted by atomic mass is 9.96. The standard InChI is InChI=1S/C28H31N3O5/c1-2-36-28(35)21-13-16-29(17-14-21)25(32)20-11-9-19(10-12-20)18-31-23-7-4-3-6-22(23)26(33)30-15-5-8-24(30)27(31)34/h3-4,6-7,9-12,21,24H,2,5,8,13-18H2,1H3. The van der Waals surface area contributed by atoms with Gasteiger partial charge in [0.1, 0.15) is 6.04 Å². The largest absolute Gasteiger partial charge is 0.466 e. The summed E-state index contributed by atoms with van der Waals surface area (Å²) in [4.78, 5) is 56.8.